The highest BCUT2D eigenvalue weighted by Crippen LogP contribution is 2.25. The molecule has 0 fully saturated rings. The average Bonchev–Trinajstić information content (AvgIpc) is 2.70. The number of imidazole rings is 1. The Morgan fingerprint density at radius 1 is 1.56 bits per heavy atom. The lowest BCUT2D eigenvalue weighted by Crippen LogP contribution is -2.11. The molecule has 0 aromatic carbocycles. The minimum Gasteiger partial charge on any atom is -0.461 e. The van der Waals surface area contributed by atoms with Crippen LogP contribution in [0.1, 0.15) is 29.5 Å². The van der Waals surface area contributed by atoms with E-state index in [2.05, 4.69) is 9.72 Å². The molecule has 0 atom stereocenters. The van der Waals surface area contributed by atoms with Crippen LogP contribution in [-0.2, 0) is 4.74 Å². The fourth-order valence-corrected chi connectivity index (χ4v) is 1.61. The van der Waals surface area contributed by atoms with Gasteiger partial charge in [0.1, 0.15) is 5.69 Å². The smallest absolute Gasteiger partial charge is 0.357 e. The Morgan fingerprint density at radius 3 is 2.89 bits per heavy atom. The highest BCUT2D eigenvalue weighted by atomic mass is 19.3. The average molecular weight is 258 g/mol. The lowest BCUT2D eigenvalue weighted by atomic mass is 10.3. The highest BCUT2D eigenvalue weighted by molar-refractivity contribution is 5.90. The van der Waals surface area contributed by atoms with Crippen LogP contribution in [0.5, 0.6) is 0 Å². The zero-order valence-corrected chi connectivity index (χ0v) is 9.36. The molecule has 0 amide bonds. The Hall–Kier alpha value is -2.05. The van der Waals surface area contributed by atoms with Crippen molar-refractivity contribution < 1.29 is 22.7 Å². The number of aromatic nitrogens is 2. The summed E-state index contributed by atoms with van der Waals surface area (Å²) < 4.78 is 44.6. The Bertz CT molecular complexity index is 595. The van der Waals surface area contributed by atoms with E-state index in [9.17, 15) is 18.0 Å². The van der Waals surface area contributed by atoms with Crippen molar-refractivity contribution in [1.29, 1.82) is 0 Å². The summed E-state index contributed by atoms with van der Waals surface area (Å²) in [5.41, 5.74) is -1.55. The van der Waals surface area contributed by atoms with E-state index in [1.54, 1.807) is 6.92 Å². The molecule has 0 aliphatic rings. The zero-order chi connectivity index (χ0) is 13.3. The van der Waals surface area contributed by atoms with E-state index in [4.69, 9.17) is 0 Å². The Morgan fingerprint density at radius 2 is 2.28 bits per heavy atom. The molecule has 96 valence electrons. The maximum absolute atomic E-state index is 13.4. The summed E-state index contributed by atoms with van der Waals surface area (Å²) in [6.45, 7) is 1.58. The van der Waals surface area contributed by atoms with E-state index in [0.29, 0.717) is 0 Å². The number of pyridine rings is 1. The van der Waals surface area contributed by atoms with Gasteiger partial charge in [0, 0.05) is 6.20 Å². The molecule has 18 heavy (non-hydrogen) atoms. The lowest BCUT2D eigenvalue weighted by Gasteiger charge is -2.03. The number of nitrogens with zero attached hydrogens (tertiary/aromatic N) is 2. The monoisotopic (exact) mass is 258 g/mol. The summed E-state index contributed by atoms with van der Waals surface area (Å²) in [7, 11) is 0. The second-order valence-corrected chi connectivity index (χ2v) is 3.42. The van der Waals surface area contributed by atoms with Gasteiger partial charge in [-0.05, 0) is 19.1 Å². The molecule has 2 aromatic heterocycles. The van der Waals surface area contributed by atoms with Crippen LogP contribution in [0.3, 0.4) is 0 Å². The van der Waals surface area contributed by atoms with Crippen molar-refractivity contribution in [3.8, 4) is 0 Å². The fourth-order valence-electron chi connectivity index (χ4n) is 1.61. The largest absolute Gasteiger partial charge is 0.461 e. The van der Waals surface area contributed by atoms with E-state index >= 15 is 0 Å². The Labute approximate surface area is 100 Å². The second kappa shape index (κ2) is 4.67. The Kier molecular flexibility index (Phi) is 3.22. The number of halogens is 3. The van der Waals surface area contributed by atoms with Crippen molar-refractivity contribution in [2.75, 3.05) is 6.61 Å². The number of rotatable bonds is 3. The van der Waals surface area contributed by atoms with Gasteiger partial charge >= 0.3 is 5.97 Å². The fraction of sp³-hybridized carbons (Fsp3) is 0.273. The minimum absolute atomic E-state index is 0.0318. The molecule has 2 heterocycles. The maximum atomic E-state index is 13.4. The predicted octanol–water partition coefficient (Wildman–Crippen LogP) is 2.59. The van der Waals surface area contributed by atoms with Crippen molar-refractivity contribution in [2.24, 2.45) is 0 Å². The second-order valence-electron chi connectivity index (χ2n) is 3.42. The van der Waals surface area contributed by atoms with Crippen LogP contribution in [0.25, 0.3) is 5.65 Å². The molecule has 0 spiro atoms. The summed E-state index contributed by atoms with van der Waals surface area (Å²) in [4.78, 5) is 15.1. The van der Waals surface area contributed by atoms with Gasteiger partial charge in [0.25, 0.3) is 6.43 Å². The minimum atomic E-state index is -2.98. The topological polar surface area (TPSA) is 43.6 Å². The zero-order valence-electron chi connectivity index (χ0n) is 9.36. The molecule has 2 aromatic rings. The van der Waals surface area contributed by atoms with Gasteiger partial charge in [-0.2, -0.15) is 0 Å². The molecule has 7 heteroatoms. The number of hydrogen-bond donors (Lipinski definition) is 0. The molecule has 0 saturated heterocycles. The molecular formula is C11H9F3N2O2. The van der Waals surface area contributed by atoms with Crippen LogP contribution < -0.4 is 0 Å². The molecule has 2 rings (SSSR count). The lowest BCUT2D eigenvalue weighted by molar-refractivity contribution is 0.0506. The third-order valence-electron chi connectivity index (χ3n) is 2.30. The van der Waals surface area contributed by atoms with Gasteiger partial charge in [-0.15, -0.1) is 0 Å². The maximum Gasteiger partial charge on any atom is 0.357 e. The van der Waals surface area contributed by atoms with Gasteiger partial charge in [0.05, 0.1) is 6.61 Å². The third kappa shape index (κ3) is 1.92. The number of carbonyl (C=O) groups excluding carboxylic acids is 1. The van der Waals surface area contributed by atoms with Gasteiger partial charge in [0.15, 0.2) is 17.2 Å². The van der Waals surface area contributed by atoms with E-state index in [1.165, 1.54) is 12.3 Å². The summed E-state index contributed by atoms with van der Waals surface area (Å²) in [5.74, 6) is -1.74. The van der Waals surface area contributed by atoms with Gasteiger partial charge in [-0.1, -0.05) is 0 Å². The molecule has 0 radical (unpaired) electrons. The van der Waals surface area contributed by atoms with Crippen LogP contribution >= 0.6 is 0 Å². The van der Waals surface area contributed by atoms with Crippen molar-refractivity contribution in [2.45, 2.75) is 13.3 Å². The van der Waals surface area contributed by atoms with E-state index in [1.807, 2.05) is 0 Å². The first-order valence-corrected chi connectivity index (χ1v) is 5.18. The van der Waals surface area contributed by atoms with E-state index in [0.717, 1.165) is 10.5 Å². The molecule has 4 nitrogen and oxygen atoms in total. The number of hydrogen-bond acceptors (Lipinski definition) is 3. The number of ether oxygens (including phenoxy) is 1. The molecule has 0 bridgehead atoms. The first kappa shape index (κ1) is 12.4. The van der Waals surface area contributed by atoms with Crippen molar-refractivity contribution in [3.63, 3.8) is 0 Å². The summed E-state index contributed by atoms with van der Waals surface area (Å²) >= 11 is 0. The summed E-state index contributed by atoms with van der Waals surface area (Å²) in [6.07, 6.45) is -1.70. The first-order valence-electron chi connectivity index (χ1n) is 5.18. The molecular weight excluding hydrogens is 249 g/mol. The van der Waals surface area contributed by atoms with Crippen LogP contribution in [0, 0.1) is 5.82 Å². The summed E-state index contributed by atoms with van der Waals surface area (Å²) in [5, 5.41) is 0. The highest BCUT2D eigenvalue weighted by Gasteiger charge is 2.27. The Balaban J connectivity index is 2.71. The third-order valence-corrected chi connectivity index (χ3v) is 2.30. The van der Waals surface area contributed by atoms with Crippen molar-refractivity contribution >= 4 is 11.6 Å². The number of carbonyl (C=O) groups is 1. The van der Waals surface area contributed by atoms with Crippen LogP contribution in [-0.4, -0.2) is 22.0 Å². The van der Waals surface area contributed by atoms with Crippen LogP contribution in [0.15, 0.2) is 18.3 Å². The van der Waals surface area contributed by atoms with Crippen molar-refractivity contribution in [3.05, 3.63) is 35.5 Å². The van der Waals surface area contributed by atoms with Crippen LogP contribution in [0.4, 0.5) is 13.2 Å². The van der Waals surface area contributed by atoms with Gasteiger partial charge in [0.2, 0.25) is 0 Å². The predicted molar refractivity (Wildman–Crippen MR) is 56.1 cm³/mol. The molecule has 0 N–H and O–H groups in total. The molecule has 0 aliphatic heterocycles. The quantitative estimate of drug-likeness (QED) is 0.795. The van der Waals surface area contributed by atoms with Crippen molar-refractivity contribution in [1.82, 2.24) is 9.38 Å². The standard InChI is InChI=1S/C11H9F3N2O2/c1-2-18-11(17)8-7(9(13)14)15-10-6(12)4-3-5-16(8)10/h3-5,9H,2H2,1H3. The summed E-state index contributed by atoms with van der Waals surface area (Å²) in [6, 6.07) is 2.37. The molecule has 0 saturated carbocycles. The van der Waals surface area contributed by atoms with E-state index < -0.39 is 29.6 Å². The number of esters is 1. The molecule has 0 aliphatic carbocycles. The van der Waals surface area contributed by atoms with Gasteiger partial charge < -0.3 is 4.74 Å². The van der Waals surface area contributed by atoms with Gasteiger partial charge in [-0.3, -0.25) is 4.40 Å². The van der Waals surface area contributed by atoms with Gasteiger partial charge in [-0.25, -0.2) is 22.9 Å². The SMILES string of the molecule is CCOC(=O)c1c(C(F)F)nc2c(F)cccn12. The van der Waals surface area contributed by atoms with E-state index in [-0.39, 0.29) is 12.3 Å². The number of alkyl halides is 2. The van der Waals surface area contributed by atoms with Crippen LogP contribution in [0.2, 0.25) is 0 Å². The number of fused-ring (bicyclic) bond motifs is 1. The molecule has 0 unspecified atom stereocenters. The first-order chi connectivity index (χ1) is 8.56. The normalized spacial score (nSPS) is 11.2.